The van der Waals surface area contributed by atoms with Crippen LogP contribution >= 0.6 is 0 Å². The molecule has 0 saturated carbocycles. The normalized spacial score (nSPS) is 19.8. The van der Waals surface area contributed by atoms with Crippen molar-refractivity contribution in [3.63, 3.8) is 0 Å². The van der Waals surface area contributed by atoms with Gasteiger partial charge in [0.05, 0.1) is 12.1 Å². The molecule has 12 heavy (non-hydrogen) atoms. The third kappa shape index (κ3) is 2.53. The smallest absolute Gasteiger partial charge is 0.217 e. The average Bonchev–Trinajstić information content (AvgIpc) is 2.26. The molecule has 0 aromatic rings. The SMILES string of the molecule is CC(=O)NCC1=NC(C)(C)CO1. The first kappa shape index (κ1) is 9.03. The van der Waals surface area contributed by atoms with E-state index in [0.29, 0.717) is 19.0 Å². The lowest BCUT2D eigenvalue weighted by molar-refractivity contribution is -0.118. The van der Waals surface area contributed by atoms with Crippen molar-refractivity contribution in [2.75, 3.05) is 13.2 Å². The van der Waals surface area contributed by atoms with Crippen molar-refractivity contribution in [3.05, 3.63) is 0 Å². The van der Waals surface area contributed by atoms with Crippen molar-refractivity contribution in [2.24, 2.45) is 4.99 Å². The summed E-state index contributed by atoms with van der Waals surface area (Å²) in [6.07, 6.45) is 0. The molecule has 1 N–H and O–H groups in total. The zero-order chi connectivity index (χ0) is 9.19. The fourth-order valence-electron chi connectivity index (χ4n) is 0.953. The molecule has 4 heteroatoms. The molecular weight excluding hydrogens is 156 g/mol. The average molecular weight is 170 g/mol. The molecule has 1 rings (SSSR count). The number of hydrogen-bond donors (Lipinski definition) is 1. The number of nitrogens with zero attached hydrogens (tertiary/aromatic N) is 1. The summed E-state index contributed by atoms with van der Waals surface area (Å²) < 4.78 is 5.25. The van der Waals surface area contributed by atoms with Gasteiger partial charge in [0.15, 0.2) is 0 Å². The molecule has 0 aromatic carbocycles. The summed E-state index contributed by atoms with van der Waals surface area (Å²) in [5, 5.41) is 2.63. The van der Waals surface area contributed by atoms with Crippen molar-refractivity contribution in [2.45, 2.75) is 26.3 Å². The highest BCUT2D eigenvalue weighted by molar-refractivity contribution is 5.84. The molecule has 1 aliphatic rings. The first-order valence-electron chi connectivity index (χ1n) is 3.95. The minimum atomic E-state index is -0.131. The van der Waals surface area contributed by atoms with E-state index in [0.717, 1.165) is 0 Å². The molecule has 4 nitrogen and oxygen atoms in total. The van der Waals surface area contributed by atoms with Crippen LogP contribution in [0.25, 0.3) is 0 Å². The highest BCUT2D eigenvalue weighted by Crippen LogP contribution is 2.16. The zero-order valence-corrected chi connectivity index (χ0v) is 7.68. The van der Waals surface area contributed by atoms with Gasteiger partial charge in [0.2, 0.25) is 11.8 Å². The largest absolute Gasteiger partial charge is 0.477 e. The number of amides is 1. The second-order valence-electron chi connectivity index (χ2n) is 3.52. The van der Waals surface area contributed by atoms with Crippen LogP contribution in [0.1, 0.15) is 20.8 Å². The van der Waals surface area contributed by atoms with Crippen LogP contribution in [-0.4, -0.2) is 30.5 Å². The van der Waals surface area contributed by atoms with Gasteiger partial charge in [0.1, 0.15) is 6.61 Å². The Morgan fingerprint density at radius 3 is 2.83 bits per heavy atom. The molecule has 0 bridgehead atoms. The molecule has 1 heterocycles. The van der Waals surface area contributed by atoms with Crippen LogP contribution in [0.3, 0.4) is 0 Å². The van der Waals surface area contributed by atoms with Crippen LogP contribution in [-0.2, 0) is 9.53 Å². The minimum Gasteiger partial charge on any atom is -0.477 e. The number of aliphatic imine (C=N–C) groups is 1. The van der Waals surface area contributed by atoms with Gasteiger partial charge in [-0.2, -0.15) is 0 Å². The lowest BCUT2D eigenvalue weighted by Crippen LogP contribution is -2.27. The molecule has 0 aromatic heterocycles. The third-order valence-electron chi connectivity index (χ3n) is 1.51. The minimum absolute atomic E-state index is 0.0639. The Balaban J connectivity index is 2.40. The van der Waals surface area contributed by atoms with Crippen LogP contribution in [0.2, 0.25) is 0 Å². The Morgan fingerprint density at radius 2 is 2.42 bits per heavy atom. The highest BCUT2D eigenvalue weighted by Gasteiger charge is 2.25. The van der Waals surface area contributed by atoms with Crippen LogP contribution in [0.15, 0.2) is 4.99 Å². The third-order valence-corrected chi connectivity index (χ3v) is 1.51. The first-order chi connectivity index (χ1) is 5.49. The molecule has 0 radical (unpaired) electrons. The standard InChI is InChI=1S/C8H14N2O2/c1-6(11)9-4-7-10-8(2,3)5-12-7/h4-5H2,1-3H3,(H,9,11). The Morgan fingerprint density at radius 1 is 1.75 bits per heavy atom. The maximum Gasteiger partial charge on any atom is 0.217 e. The monoisotopic (exact) mass is 170 g/mol. The molecule has 68 valence electrons. The summed E-state index contributed by atoms with van der Waals surface area (Å²) in [5.74, 6) is 0.557. The predicted molar refractivity (Wildman–Crippen MR) is 46.1 cm³/mol. The summed E-state index contributed by atoms with van der Waals surface area (Å²) in [5.41, 5.74) is -0.131. The number of hydrogen-bond acceptors (Lipinski definition) is 3. The molecular formula is C8H14N2O2. The van der Waals surface area contributed by atoms with Crippen LogP contribution in [0.4, 0.5) is 0 Å². The molecule has 0 saturated heterocycles. The highest BCUT2D eigenvalue weighted by atomic mass is 16.5. The van der Waals surface area contributed by atoms with E-state index in [1.807, 2.05) is 13.8 Å². The van der Waals surface area contributed by atoms with Gasteiger partial charge in [-0.1, -0.05) is 0 Å². The van der Waals surface area contributed by atoms with Gasteiger partial charge in [0, 0.05) is 6.92 Å². The number of carbonyl (C=O) groups excluding carboxylic acids is 1. The van der Waals surface area contributed by atoms with E-state index in [2.05, 4.69) is 10.3 Å². The number of carbonyl (C=O) groups is 1. The van der Waals surface area contributed by atoms with Gasteiger partial charge >= 0.3 is 0 Å². The quantitative estimate of drug-likeness (QED) is 0.649. The first-order valence-corrected chi connectivity index (χ1v) is 3.95. The van der Waals surface area contributed by atoms with Crippen molar-refractivity contribution >= 4 is 11.8 Å². The Hall–Kier alpha value is -1.06. The predicted octanol–water partition coefficient (Wildman–Crippen LogP) is 0.330. The van der Waals surface area contributed by atoms with E-state index in [1.54, 1.807) is 0 Å². The fraction of sp³-hybridized carbons (Fsp3) is 0.750. The zero-order valence-electron chi connectivity index (χ0n) is 7.68. The summed E-state index contributed by atoms with van der Waals surface area (Å²) in [6, 6.07) is 0. The Bertz CT molecular complexity index is 221. The number of nitrogens with one attached hydrogen (secondary N) is 1. The molecule has 0 unspecified atom stereocenters. The lowest BCUT2D eigenvalue weighted by atomic mass is 10.1. The lowest BCUT2D eigenvalue weighted by Gasteiger charge is -2.07. The van der Waals surface area contributed by atoms with Gasteiger partial charge in [-0.15, -0.1) is 0 Å². The van der Waals surface area contributed by atoms with Crippen LogP contribution < -0.4 is 5.32 Å². The van der Waals surface area contributed by atoms with Gasteiger partial charge in [-0.3, -0.25) is 4.79 Å². The van der Waals surface area contributed by atoms with Crippen molar-refractivity contribution < 1.29 is 9.53 Å². The van der Waals surface area contributed by atoms with Gasteiger partial charge in [0.25, 0.3) is 0 Å². The molecule has 0 aliphatic carbocycles. The maximum absolute atomic E-state index is 10.5. The fourth-order valence-corrected chi connectivity index (χ4v) is 0.953. The molecule has 0 atom stereocenters. The van der Waals surface area contributed by atoms with Crippen molar-refractivity contribution in [1.82, 2.24) is 5.32 Å². The summed E-state index contributed by atoms with van der Waals surface area (Å²) in [6.45, 7) is 6.46. The second-order valence-corrected chi connectivity index (χ2v) is 3.52. The van der Waals surface area contributed by atoms with E-state index in [9.17, 15) is 4.79 Å². The molecule has 0 spiro atoms. The Labute approximate surface area is 72.0 Å². The number of ether oxygens (including phenoxy) is 1. The molecule has 1 aliphatic heterocycles. The Kier molecular flexibility index (Phi) is 2.35. The van der Waals surface area contributed by atoms with E-state index < -0.39 is 0 Å². The molecule has 1 amide bonds. The topological polar surface area (TPSA) is 50.7 Å². The summed E-state index contributed by atoms with van der Waals surface area (Å²) in [4.78, 5) is 14.8. The van der Waals surface area contributed by atoms with Gasteiger partial charge in [-0.25, -0.2) is 4.99 Å². The van der Waals surface area contributed by atoms with Gasteiger partial charge < -0.3 is 10.1 Å². The maximum atomic E-state index is 10.5. The van der Waals surface area contributed by atoms with Crippen molar-refractivity contribution in [3.8, 4) is 0 Å². The van der Waals surface area contributed by atoms with E-state index >= 15 is 0 Å². The van der Waals surface area contributed by atoms with Crippen molar-refractivity contribution in [1.29, 1.82) is 0 Å². The second kappa shape index (κ2) is 3.13. The van der Waals surface area contributed by atoms with Crippen LogP contribution in [0.5, 0.6) is 0 Å². The van der Waals surface area contributed by atoms with Crippen LogP contribution in [0, 0.1) is 0 Å². The van der Waals surface area contributed by atoms with E-state index in [-0.39, 0.29) is 11.4 Å². The van der Waals surface area contributed by atoms with Gasteiger partial charge in [-0.05, 0) is 13.8 Å². The number of rotatable bonds is 2. The van der Waals surface area contributed by atoms with E-state index in [4.69, 9.17) is 4.74 Å². The van der Waals surface area contributed by atoms with E-state index in [1.165, 1.54) is 6.92 Å². The summed E-state index contributed by atoms with van der Waals surface area (Å²) >= 11 is 0. The molecule has 0 fully saturated rings. The summed E-state index contributed by atoms with van der Waals surface area (Å²) in [7, 11) is 0.